The third-order valence-corrected chi connectivity index (χ3v) is 8.19. The quantitative estimate of drug-likeness (QED) is 0.251. The molecule has 0 aliphatic rings. The minimum Gasteiger partial charge on any atom is -0.480 e. The van der Waals surface area contributed by atoms with Gasteiger partial charge < -0.3 is 15.4 Å². The summed E-state index contributed by atoms with van der Waals surface area (Å²) in [6, 6.07) is 11.2. The number of carbonyl (C=O) groups is 3. The van der Waals surface area contributed by atoms with Gasteiger partial charge in [0.1, 0.15) is 11.5 Å². The summed E-state index contributed by atoms with van der Waals surface area (Å²) in [7, 11) is 0. The van der Waals surface area contributed by atoms with Crippen molar-refractivity contribution in [1.29, 1.82) is 0 Å². The van der Waals surface area contributed by atoms with E-state index in [9.17, 15) is 14.4 Å². The lowest BCUT2D eigenvalue weighted by Crippen LogP contribution is -2.33. The van der Waals surface area contributed by atoms with Crippen LogP contribution in [0.1, 0.15) is 106 Å². The van der Waals surface area contributed by atoms with E-state index in [-0.39, 0.29) is 28.9 Å². The first-order valence-electron chi connectivity index (χ1n) is 14.2. The molecule has 0 radical (unpaired) electrons. The van der Waals surface area contributed by atoms with Crippen LogP contribution in [0, 0.1) is 5.41 Å². The smallest absolute Gasteiger partial charge is 0.265 e. The van der Waals surface area contributed by atoms with Crippen molar-refractivity contribution in [3.63, 3.8) is 0 Å². The average molecular weight is 571 g/mol. The summed E-state index contributed by atoms with van der Waals surface area (Å²) in [6.07, 6.45) is 1.41. The summed E-state index contributed by atoms with van der Waals surface area (Å²) in [5.41, 5.74) is 2.38. The van der Waals surface area contributed by atoms with Crippen molar-refractivity contribution in [2.75, 3.05) is 10.6 Å². The van der Waals surface area contributed by atoms with Crippen LogP contribution in [0.15, 0.2) is 36.4 Å². The van der Waals surface area contributed by atoms with Gasteiger partial charge in [0.2, 0.25) is 5.91 Å². The summed E-state index contributed by atoms with van der Waals surface area (Å²) in [6.45, 7) is 20.4. The maximum atomic E-state index is 13.3. The van der Waals surface area contributed by atoms with Crippen LogP contribution in [-0.4, -0.2) is 23.7 Å². The summed E-state index contributed by atoms with van der Waals surface area (Å²) in [4.78, 5) is 38.0. The lowest BCUT2D eigenvalue weighted by atomic mass is 9.76. The average Bonchev–Trinajstić information content (AvgIpc) is 2.88. The van der Waals surface area contributed by atoms with Crippen molar-refractivity contribution in [3.8, 4) is 5.75 Å². The zero-order valence-corrected chi connectivity index (χ0v) is 26.6. The number of rotatable bonds is 12. The van der Waals surface area contributed by atoms with Crippen molar-refractivity contribution in [2.24, 2.45) is 5.41 Å². The van der Waals surface area contributed by atoms with Gasteiger partial charge in [-0.15, -0.1) is 0 Å². The molecule has 0 aromatic heterocycles. The van der Waals surface area contributed by atoms with Crippen molar-refractivity contribution in [3.05, 3.63) is 52.5 Å². The molecule has 0 spiro atoms. The predicted octanol–water partition coefficient (Wildman–Crippen LogP) is 8.46. The number of carbonyl (C=O) groups excluding carboxylic acids is 3. The summed E-state index contributed by atoms with van der Waals surface area (Å²) >= 11 is 6.29. The molecule has 2 rings (SSSR count). The number of anilines is 2. The second kappa shape index (κ2) is 13.2. The Balaban J connectivity index is 2.26. The van der Waals surface area contributed by atoms with Gasteiger partial charge in [-0.3, -0.25) is 14.4 Å². The number of ketones is 1. The number of hydrogen-bond acceptors (Lipinski definition) is 4. The Labute approximate surface area is 245 Å². The highest BCUT2D eigenvalue weighted by atomic mass is 35.5. The second-order valence-electron chi connectivity index (χ2n) is 12.8. The maximum Gasteiger partial charge on any atom is 0.265 e. The summed E-state index contributed by atoms with van der Waals surface area (Å²) in [5.74, 6) is -0.230. The third-order valence-electron chi connectivity index (χ3n) is 7.86. The van der Waals surface area contributed by atoms with Gasteiger partial charge in [-0.1, -0.05) is 93.0 Å². The van der Waals surface area contributed by atoms with Gasteiger partial charge >= 0.3 is 0 Å². The first-order valence-corrected chi connectivity index (χ1v) is 14.6. The number of benzene rings is 2. The van der Waals surface area contributed by atoms with Gasteiger partial charge in [-0.05, 0) is 59.9 Å². The van der Waals surface area contributed by atoms with Crippen LogP contribution in [-0.2, 0) is 25.2 Å². The molecule has 220 valence electrons. The number of nitrogens with one attached hydrogen (secondary N) is 2. The normalized spacial score (nSPS) is 13.0. The highest BCUT2D eigenvalue weighted by molar-refractivity contribution is 6.34. The third kappa shape index (κ3) is 8.57. The Morgan fingerprint density at radius 2 is 1.48 bits per heavy atom. The number of hydrogen-bond donors (Lipinski definition) is 2. The van der Waals surface area contributed by atoms with E-state index in [0.29, 0.717) is 28.6 Å². The van der Waals surface area contributed by atoms with Gasteiger partial charge in [0.25, 0.3) is 5.91 Å². The highest BCUT2D eigenvalue weighted by Crippen LogP contribution is 2.39. The lowest BCUT2D eigenvalue weighted by Gasteiger charge is -2.31. The number of halogens is 1. The Kier molecular flexibility index (Phi) is 11.0. The zero-order chi connectivity index (χ0) is 30.5. The fraction of sp³-hybridized carbons (Fsp3) is 0.545. The van der Waals surface area contributed by atoms with Crippen molar-refractivity contribution >= 4 is 40.6 Å². The topological polar surface area (TPSA) is 84.5 Å². The molecule has 2 N–H and O–H groups in total. The molecule has 0 heterocycles. The Morgan fingerprint density at radius 1 is 0.850 bits per heavy atom. The lowest BCUT2D eigenvalue weighted by molar-refractivity contribution is -0.130. The standard InChI is InChI=1S/C33H47ClN2O4/c1-11-26(40-27-17-14-21(32(7,8)12-2)18-23(27)33(9,10)13-3)30(39)35-22-15-16-24(34)25(19-22)36-29(38)20-28(37)31(4,5)6/h14-19,26H,11-13,20H2,1-10H3,(H,35,39)(H,36,38). The fourth-order valence-corrected chi connectivity index (χ4v) is 4.14. The maximum absolute atomic E-state index is 13.3. The van der Waals surface area contributed by atoms with E-state index < -0.39 is 17.4 Å². The van der Waals surface area contributed by atoms with E-state index in [0.717, 1.165) is 18.4 Å². The SMILES string of the molecule is CCC(Oc1ccc(C(C)(C)CC)cc1C(C)(C)CC)C(=O)Nc1ccc(Cl)c(NC(=O)CC(=O)C(C)(C)C)c1. The van der Waals surface area contributed by atoms with Crippen LogP contribution in [0.5, 0.6) is 5.75 Å². The molecular weight excluding hydrogens is 524 g/mol. The molecule has 2 amide bonds. The molecule has 0 saturated carbocycles. The monoisotopic (exact) mass is 570 g/mol. The van der Waals surface area contributed by atoms with Gasteiger partial charge in [-0.2, -0.15) is 0 Å². The molecule has 2 aromatic rings. The first kappa shape index (κ1) is 33.3. The van der Waals surface area contributed by atoms with E-state index in [1.54, 1.807) is 39.0 Å². The Bertz CT molecular complexity index is 1230. The molecular formula is C33H47ClN2O4. The van der Waals surface area contributed by atoms with Crippen LogP contribution in [0.2, 0.25) is 5.02 Å². The Hall–Kier alpha value is -2.86. The van der Waals surface area contributed by atoms with Crippen molar-refractivity contribution < 1.29 is 19.1 Å². The summed E-state index contributed by atoms with van der Waals surface area (Å²) < 4.78 is 6.37. The molecule has 2 aromatic carbocycles. The highest BCUT2D eigenvalue weighted by Gasteiger charge is 2.29. The second-order valence-corrected chi connectivity index (χ2v) is 13.2. The molecule has 7 heteroatoms. The largest absolute Gasteiger partial charge is 0.480 e. The van der Waals surface area contributed by atoms with Gasteiger partial charge in [0, 0.05) is 16.7 Å². The molecule has 1 unspecified atom stereocenters. The molecule has 0 aliphatic heterocycles. The minimum absolute atomic E-state index is 0.0282. The molecule has 0 saturated heterocycles. The van der Waals surface area contributed by atoms with E-state index >= 15 is 0 Å². The van der Waals surface area contributed by atoms with E-state index in [4.69, 9.17) is 16.3 Å². The van der Waals surface area contributed by atoms with Gasteiger partial charge in [0.05, 0.1) is 17.1 Å². The number of Topliss-reactive ketones (excluding diaryl/α,β-unsaturated/α-hetero) is 1. The molecule has 40 heavy (non-hydrogen) atoms. The van der Waals surface area contributed by atoms with Crippen LogP contribution >= 0.6 is 11.6 Å². The van der Waals surface area contributed by atoms with Crippen LogP contribution in [0.4, 0.5) is 11.4 Å². The van der Waals surface area contributed by atoms with Crippen molar-refractivity contribution in [1.82, 2.24) is 0 Å². The van der Waals surface area contributed by atoms with Crippen LogP contribution in [0.25, 0.3) is 0 Å². The number of amides is 2. The fourth-order valence-electron chi connectivity index (χ4n) is 3.98. The van der Waals surface area contributed by atoms with E-state index in [1.807, 2.05) is 13.0 Å². The van der Waals surface area contributed by atoms with Crippen LogP contribution < -0.4 is 15.4 Å². The zero-order valence-electron chi connectivity index (χ0n) is 25.9. The predicted molar refractivity (Wildman–Crippen MR) is 166 cm³/mol. The minimum atomic E-state index is -0.727. The van der Waals surface area contributed by atoms with Crippen LogP contribution in [0.3, 0.4) is 0 Å². The van der Waals surface area contributed by atoms with E-state index in [2.05, 4.69) is 64.3 Å². The molecule has 0 bridgehead atoms. The first-order chi connectivity index (χ1) is 18.4. The van der Waals surface area contributed by atoms with E-state index in [1.165, 1.54) is 5.56 Å². The number of ether oxygens (including phenoxy) is 1. The Morgan fingerprint density at radius 3 is 2.02 bits per heavy atom. The molecule has 6 nitrogen and oxygen atoms in total. The molecule has 0 aliphatic carbocycles. The van der Waals surface area contributed by atoms with Gasteiger partial charge in [-0.25, -0.2) is 0 Å². The molecule has 1 atom stereocenters. The van der Waals surface area contributed by atoms with Crippen molar-refractivity contribution in [2.45, 2.75) is 112 Å². The summed E-state index contributed by atoms with van der Waals surface area (Å²) in [5, 5.41) is 5.89. The van der Waals surface area contributed by atoms with Gasteiger partial charge in [0.15, 0.2) is 6.10 Å². The molecule has 0 fully saturated rings.